The highest BCUT2D eigenvalue weighted by Gasteiger charge is 2.12. The number of pyridine rings is 1. The normalized spacial score (nSPS) is 10.0. The Labute approximate surface area is 101 Å². The maximum atomic E-state index is 11.0. The summed E-state index contributed by atoms with van der Waals surface area (Å²) in [5.41, 5.74) is 5.73. The molecule has 1 amide bonds. The second kappa shape index (κ2) is 5.85. The van der Waals surface area contributed by atoms with Crippen molar-refractivity contribution in [3.63, 3.8) is 0 Å². The van der Waals surface area contributed by atoms with Crippen LogP contribution < -0.4 is 10.6 Å². The van der Waals surface area contributed by atoms with Gasteiger partial charge in [-0.3, -0.25) is 4.79 Å². The second-order valence-corrected chi connectivity index (χ2v) is 4.26. The highest BCUT2D eigenvalue weighted by molar-refractivity contribution is 5.79. The van der Waals surface area contributed by atoms with Crippen LogP contribution in [0.25, 0.3) is 0 Å². The van der Waals surface area contributed by atoms with Gasteiger partial charge in [0.1, 0.15) is 5.82 Å². The summed E-state index contributed by atoms with van der Waals surface area (Å²) >= 11 is 0. The molecule has 0 atom stereocenters. The van der Waals surface area contributed by atoms with Crippen LogP contribution in [0.1, 0.15) is 19.4 Å². The van der Waals surface area contributed by atoms with Gasteiger partial charge < -0.3 is 10.6 Å². The number of nitrogens with zero attached hydrogens (tertiary/aromatic N) is 3. The van der Waals surface area contributed by atoms with Crippen molar-refractivity contribution in [3.8, 4) is 6.07 Å². The fraction of sp³-hybridized carbons (Fsp3) is 0.417. The van der Waals surface area contributed by atoms with Gasteiger partial charge >= 0.3 is 0 Å². The van der Waals surface area contributed by atoms with E-state index < -0.39 is 5.91 Å². The Bertz CT molecular complexity index is 436. The Hall–Kier alpha value is -2.09. The van der Waals surface area contributed by atoms with E-state index in [4.69, 9.17) is 11.0 Å². The van der Waals surface area contributed by atoms with Crippen molar-refractivity contribution in [2.24, 2.45) is 11.7 Å². The molecule has 0 aliphatic heterocycles. The summed E-state index contributed by atoms with van der Waals surface area (Å²) in [5, 5.41) is 8.82. The monoisotopic (exact) mass is 232 g/mol. The molecule has 0 bridgehead atoms. The number of nitriles is 1. The molecular formula is C12H16N4O. The van der Waals surface area contributed by atoms with Crippen LogP contribution in [0, 0.1) is 17.2 Å². The van der Waals surface area contributed by atoms with Crippen molar-refractivity contribution in [1.29, 1.82) is 5.26 Å². The summed E-state index contributed by atoms with van der Waals surface area (Å²) in [6.45, 7) is 4.87. The fourth-order valence-corrected chi connectivity index (χ4v) is 1.53. The molecule has 5 nitrogen and oxygen atoms in total. The molecule has 0 spiro atoms. The maximum Gasteiger partial charge on any atom is 0.236 e. The summed E-state index contributed by atoms with van der Waals surface area (Å²) in [6.07, 6.45) is 1.56. The molecule has 0 saturated heterocycles. The molecule has 0 fully saturated rings. The average Bonchev–Trinajstić information content (AvgIpc) is 2.27. The zero-order valence-electron chi connectivity index (χ0n) is 10.1. The number of carbonyl (C=O) groups excluding carboxylic acids is 1. The number of anilines is 1. The average molecular weight is 232 g/mol. The first-order chi connectivity index (χ1) is 8.02. The lowest BCUT2D eigenvalue weighted by Gasteiger charge is -2.24. The topological polar surface area (TPSA) is 83.0 Å². The molecule has 5 heteroatoms. The van der Waals surface area contributed by atoms with Crippen molar-refractivity contribution in [2.45, 2.75) is 13.8 Å². The van der Waals surface area contributed by atoms with Gasteiger partial charge in [0.15, 0.2) is 0 Å². The molecule has 0 aliphatic rings. The standard InChI is InChI=1S/C12H16N4O/c1-9(2)7-16(8-11(14)17)12-5-10(6-13)3-4-15-12/h3-5,9H,7-8H2,1-2H3,(H2,14,17). The van der Waals surface area contributed by atoms with Crippen LogP contribution in [0.2, 0.25) is 0 Å². The van der Waals surface area contributed by atoms with Gasteiger partial charge in [-0.15, -0.1) is 0 Å². The van der Waals surface area contributed by atoms with Gasteiger partial charge in [0.25, 0.3) is 0 Å². The third kappa shape index (κ3) is 4.11. The zero-order chi connectivity index (χ0) is 12.8. The first-order valence-electron chi connectivity index (χ1n) is 5.42. The minimum absolute atomic E-state index is 0.111. The molecule has 0 aromatic carbocycles. The van der Waals surface area contributed by atoms with Gasteiger partial charge in [-0.05, 0) is 18.1 Å². The fourth-order valence-electron chi connectivity index (χ4n) is 1.53. The summed E-state index contributed by atoms with van der Waals surface area (Å²) in [7, 11) is 0. The van der Waals surface area contributed by atoms with E-state index in [0.717, 1.165) is 0 Å². The zero-order valence-corrected chi connectivity index (χ0v) is 10.1. The number of primary amides is 1. The first-order valence-corrected chi connectivity index (χ1v) is 5.42. The van der Waals surface area contributed by atoms with E-state index >= 15 is 0 Å². The second-order valence-electron chi connectivity index (χ2n) is 4.26. The third-order valence-corrected chi connectivity index (χ3v) is 2.13. The highest BCUT2D eigenvalue weighted by Crippen LogP contribution is 2.13. The molecular weight excluding hydrogens is 216 g/mol. The summed E-state index contributed by atoms with van der Waals surface area (Å²) in [5.74, 6) is 0.577. The number of aromatic nitrogens is 1. The van der Waals surface area contributed by atoms with Gasteiger partial charge in [-0.1, -0.05) is 13.8 Å². The summed E-state index contributed by atoms with van der Waals surface area (Å²) in [4.78, 5) is 17.0. The van der Waals surface area contributed by atoms with Crippen LogP contribution >= 0.6 is 0 Å². The van der Waals surface area contributed by atoms with Gasteiger partial charge in [-0.25, -0.2) is 4.98 Å². The van der Waals surface area contributed by atoms with E-state index in [9.17, 15) is 4.79 Å². The molecule has 17 heavy (non-hydrogen) atoms. The van der Waals surface area contributed by atoms with E-state index in [1.165, 1.54) is 0 Å². The lowest BCUT2D eigenvalue weighted by atomic mass is 10.2. The van der Waals surface area contributed by atoms with Crippen LogP contribution in [0.5, 0.6) is 0 Å². The first kappa shape index (κ1) is 13.0. The van der Waals surface area contributed by atoms with Gasteiger partial charge in [0.2, 0.25) is 5.91 Å². The Morgan fingerprint density at radius 3 is 2.88 bits per heavy atom. The van der Waals surface area contributed by atoms with Crippen molar-refractivity contribution >= 4 is 11.7 Å². The number of nitrogens with two attached hydrogens (primary N) is 1. The molecule has 0 radical (unpaired) electrons. The lowest BCUT2D eigenvalue weighted by molar-refractivity contribution is -0.116. The Balaban J connectivity index is 2.95. The van der Waals surface area contributed by atoms with E-state index in [2.05, 4.69) is 4.98 Å². The number of carbonyl (C=O) groups is 1. The highest BCUT2D eigenvalue weighted by atomic mass is 16.1. The quantitative estimate of drug-likeness (QED) is 0.817. The van der Waals surface area contributed by atoms with E-state index in [1.54, 1.807) is 23.2 Å². The van der Waals surface area contributed by atoms with E-state index in [0.29, 0.717) is 23.8 Å². The Morgan fingerprint density at radius 2 is 2.35 bits per heavy atom. The van der Waals surface area contributed by atoms with Crippen molar-refractivity contribution in [3.05, 3.63) is 23.9 Å². The number of amides is 1. The summed E-state index contributed by atoms with van der Waals surface area (Å²) < 4.78 is 0. The number of hydrogen-bond donors (Lipinski definition) is 1. The van der Waals surface area contributed by atoms with E-state index in [-0.39, 0.29) is 6.54 Å². The van der Waals surface area contributed by atoms with Gasteiger partial charge in [-0.2, -0.15) is 5.26 Å². The molecule has 1 heterocycles. The van der Waals surface area contributed by atoms with Crippen LogP contribution in [0.15, 0.2) is 18.3 Å². The molecule has 1 aromatic rings. The molecule has 1 aromatic heterocycles. The predicted octanol–water partition coefficient (Wildman–Crippen LogP) is 0.901. The SMILES string of the molecule is CC(C)CN(CC(N)=O)c1cc(C#N)ccn1. The minimum atomic E-state index is -0.408. The van der Waals surface area contributed by atoms with Crippen LogP contribution in [-0.2, 0) is 4.79 Å². The van der Waals surface area contributed by atoms with Gasteiger partial charge in [0, 0.05) is 12.7 Å². The van der Waals surface area contributed by atoms with E-state index in [1.807, 2.05) is 19.9 Å². The van der Waals surface area contributed by atoms with Crippen LogP contribution in [0.4, 0.5) is 5.82 Å². The molecule has 0 aliphatic carbocycles. The number of rotatable bonds is 5. The predicted molar refractivity (Wildman–Crippen MR) is 65.2 cm³/mol. The van der Waals surface area contributed by atoms with Crippen molar-refractivity contribution in [2.75, 3.05) is 18.0 Å². The van der Waals surface area contributed by atoms with Crippen molar-refractivity contribution in [1.82, 2.24) is 4.98 Å². The smallest absolute Gasteiger partial charge is 0.236 e. The Kier molecular flexibility index (Phi) is 4.46. The van der Waals surface area contributed by atoms with Crippen LogP contribution in [-0.4, -0.2) is 24.0 Å². The summed E-state index contributed by atoms with van der Waals surface area (Å²) in [6, 6.07) is 5.33. The largest absolute Gasteiger partial charge is 0.368 e. The molecule has 0 unspecified atom stereocenters. The Morgan fingerprint density at radius 1 is 1.65 bits per heavy atom. The third-order valence-electron chi connectivity index (χ3n) is 2.13. The maximum absolute atomic E-state index is 11.0. The minimum Gasteiger partial charge on any atom is -0.368 e. The lowest BCUT2D eigenvalue weighted by Crippen LogP contribution is -2.36. The van der Waals surface area contributed by atoms with Gasteiger partial charge in [0.05, 0.1) is 18.2 Å². The molecule has 0 saturated carbocycles. The number of hydrogen-bond acceptors (Lipinski definition) is 4. The van der Waals surface area contributed by atoms with Crippen LogP contribution in [0.3, 0.4) is 0 Å². The van der Waals surface area contributed by atoms with Crippen molar-refractivity contribution < 1.29 is 4.79 Å². The molecule has 90 valence electrons. The molecule has 1 rings (SSSR count). The molecule has 2 N–H and O–H groups in total.